The molecule has 0 rings (SSSR count). The van der Waals surface area contributed by atoms with Crippen molar-refractivity contribution >= 4 is 0 Å². The van der Waals surface area contributed by atoms with Crippen LogP contribution in [0, 0.1) is 0 Å². The first-order chi connectivity index (χ1) is 1.00. The first kappa shape index (κ1) is 65.5. The maximum absolute atomic E-state index is 7.88. The Labute approximate surface area is 84.4 Å². The fraction of sp³-hybridized carbons (Fsp3) is 0. The second-order valence-electron chi connectivity index (χ2n) is 0. The topological polar surface area (TPSA) is 74.1 Å². The van der Waals surface area contributed by atoms with Crippen molar-refractivity contribution in [2.24, 2.45) is 0 Å². The van der Waals surface area contributed by atoms with Gasteiger partial charge in [0.2, 0.25) is 0 Å². The van der Waals surface area contributed by atoms with E-state index in [0.29, 0.717) is 0 Å². The molecule has 0 fully saturated rings. The Morgan fingerprint density at radius 2 is 0.857 bits per heavy atom. The number of rotatable bonds is 0. The summed E-state index contributed by atoms with van der Waals surface area (Å²) in [5.74, 6) is 0. The van der Waals surface area contributed by atoms with Crippen molar-refractivity contribution < 1.29 is 85.0 Å². The average Bonchev–Trinajstić information content (AvgIpc) is 1.00. The van der Waals surface area contributed by atoms with Gasteiger partial charge >= 0.3 is 74.1 Å². The third-order valence-corrected chi connectivity index (χ3v) is 0. The van der Waals surface area contributed by atoms with Gasteiger partial charge in [-0.15, -0.1) is 0 Å². The van der Waals surface area contributed by atoms with E-state index in [9.17, 15) is 0 Å². The average molecular weight is 176 g/mol. The molecule has 0 aromatic carbocycles. The Bertz CT molecular complexity index is 12.9. The van der Waals surface area contributed by atoms with Crippen molar-refractivity contribution in [2.45, 2.75) is 0 Å². The van der Waals surface area contributed by atoms with Gasteiger partial charge < -0.3 is 11.0 Å². The van der Waals surface area contributed by atoms with E-state index in [-0.39, 0.29) is 65.7 Å². The van der Waals surface area contributed by atoms with E-state index in [1.54, 1.807) is 0 Å². The van der Waals surface area contributed by atoms with Crippen LogP contribution in [0.15, 0.2) is 0 Å². The maximum atomic E-state index is 7.88. The molecule has 0 heterocycles. The van der Waals surface area contributed by atoms with Crippen LogP contribution >= 0.6 is 0 Å². The number of hydrogen-bond acceptors (Lipinski definition) is 1. The predicted octanol–water partition coefficient (Wildman–Crippen LogP) is -6.35. The van der Waals surface area contributed by atoms with E-state index in [0.717, 1.165) is 0 Å². The summed E-state index contributed by atoms with van der Waals surface area (Å²) in [6, 6.07) is 0. The van der Waals surface area contributed by atoms with E-state index >= 15 is 0 Å². The Balaban J connectivity index is -0.000000000500. The minimum absolute atomic E-state index is 0. The van der Waals surface area contributed by atoms with E-state index in [1.807, 2.05) is 0 Å². The van der Waals surface area contributed by atoms with Crippen LogP contribution in [0.1, 0.15) is 0 Å². The summed E-state index contributed by atoms with van der Waals surface area (Å²) >= 11 is 2.62. The monoisotopic (exact) mass is 175 g/mol. The second kappa shape index (κ2) is 102. The molecule has 0 bridgehead atoms. The van der Waals surface area contributed by atoms with Crippen LogP contribution in [0.2, 0.25) is 0 Å². The van der Waals surface area contributed by atoms with Crippen LogP contribution in [-0.2, 0) is 47.3 Å². The Morgan fingerprint density at radius 1 is 0.857 bits per heavy atom. The Morgan fingerprint density at radius 3 is 0.857 bits per heavy atom. The quantitative estimate of drug-likeness (QED) is 0.338. The molecule has 0 aliphatic carbocycles. The molecule has 0 aliphatic rings. The van der Waals surface area contributed by atoms with Crippen molar-refractivity contribution in [3.05, 3.63) is 0 Å². The van der Waals surface area contributed by atoms with Gasteiger partial charge in [-0.05, 0) is 0 Å². The Hall–Kier alpha value is 1.93. The van der Waals surface area contributed by atoms with E-state index < -0.39 is 0 Å². The van der Waals surface area contributed by atoms with Gasteiger partial charge in [-0.3, -0.25) is 0 Å². The SMILES string of the molecule is [Li+].[Li+].[Mn+2].[O-2].[O-2].[O]=[Ni]. The zero-order valence-electron chi connectivity index (χ0n) is 3.92. The third-order valence-electron chi connectivity index (χ3n) is 0. The van der Waals surface area contributed by atoms with Crippen molar-refractivity contribution in [3.8, 4) is 0 Å². The van der Waals surface area contributed by atoms with Crippen molar-refractivity contribution in [2.75, 3.05) is 0 Å². The fourth-order valence-corrected chi connectivity index (χ4v) is 0. The molecular weight excluding hydrogens is 176 g/mol. The van der Waals surface area contributed by atoms with Crippen LogP contribution in [0.3, 0.4) is 0 Å². The first-order valence-corrected chi connectivity index (χ1v) is 0.532. The number of hydrogen-bond donors (Lipinski definition) is 0. The van der Waals surface area contributed by atoms with Crippen LogP contribution in [0.5, 0.6) is 0 Å². The molecule has 0 aromatic rings. The van der Waals surface area contributed by atoms with Gasteiger partial charge in [0.25, 0.3) is 0 Å². The molecule has 37 valence electrons. The molecule has 0 saturated carbocycles. The van der Waals surface area contributed by atoms with Crippen molar-refractivity contribution in [1.29, 1.82) is 0 Å². The molecule has 0 amide bonds. The standard InChI is InChI=1S/2Li.Mn.Ni.3O/q2*+1;+2;;;2*-2. The molecular formula is Li2MnNiO3. The summed E-state index contributed by atoms with van der Waals surface area (Å²) in [5, 5.41) is 0. The molecule has 0 N–H and O–H groups in total. The first-order valence-electron chi connectivity index (χ1n) is 0.129. The van der Waals surface area contributed by atoms with Crippen molar-refractivity contribution in [3.63, 3.8) is 0 Å². The second-order valence-corrected chi connectivity index (χ2v) is 0. The molecule has 0 atom stereocenters. The summed E-state index contributed by atoms with van der Waals surface area (Å²) in [4.78, 5) is 0. The third kappa shape index (κ3) is 75.0. The van der Waals surface area contributed by atoms with Crippen LogP contribution in [-0.4, -0.2) is 0 Å². The molecule has 7 heteroatoms. The molecule has 0 aromatic heterocycles. The van der Waals surface area contributed by atoms with Gasteiger partial charge in [-0.25, -0.2) is 0 Å². The molecule has 0 unspecified atom stereocenters. The van der Waals surface area contributed by atoms with Crippen molar-refractivity contribution in [1.82, 2.24) is 0 Å². The molecule has 1 radical (unpaired) electrons. The zero-order valence-corrected chi connectivity index (χ0v) is 6.09. The van der Waals surface area contributed by atoms with Crippen LogP contribution in [0.25, 0.3) is 0 Å². The summed E-state index contributed by atoms with van der Waals surface area (Å²) in [6.07, 6.45) is 0. The van der Waals surface area contributed by atoms with E-state index in [2.05, 4.69) is 15.4 Å². The van der Waals surface area contributed by atoms with Gasteiger partial charge in [0.05, 0.1) is 0 Å². The molecule has 3 nitrogen and oxygen atoms in total. The van der Waals surface area contributed by atoms with Crippen LogP contribution < -0.4 is 37.7 Å². The van der Waals surface area contributed by atoms with Gasteiger partial charge in [0.15, 0.2) is 0 Å². The summed E-state index contributed by atoms with van der Waals surface area (Å²) in [5.41, 5.74) is 0. The zero-order chi connectivity index (χ0) is 2.00. The summed E-state index contributed by atoms with van der Waals surface area (Å²) in [6.45, 7) is 0. The molecule has 7 heavy (non-hydrogen) atoms. The van der Waals surface area contributed by atoms with Gasteiger partial charge in [0, 0.05) is 0 Å². The van der Waals surface area contributed by atoms with Gasteiger partial charge in [-0.1, -0.05) is 0 Å². The van der Waals surface area contributed by atoms with Gasteiger partial charge in [-0.2, -0.15) is 0 Å². The molecule has 0 spiro atoms. The molecule has 0 saturated heterocycles. The van der Waals surface area contributed by atoms with Gasteiger partial charge in [0.1, 0.15) is 0 Å². The Kier molecular flexibility index (Phi) is 957. The summed E-state index contributed by atoms with van der Waals surface area (Å²) < 4.78 is 7.88. The van der Waals surface area contributed by atoms with Crippen LogP contribution in [0.4, 0.5) is 0 Å². The minimum atomic E-state index is 0. The normalized spacial score (nSPS) is 0.857. The van der Waals surface area contributed by atoms with E-state index in [4.69, 9.17) is 3.90 Å². The fourth-order valence-electron chi connectivity index (χ4n) is 0. The molecule has 0 aliphatic heterocycles. The summed E-state index contributed by atoms with van der Waals surface area (Å²) in [7, 11) is 0. The van der Waals surface area contributed by atoms with E-state index in [1.165, 1.54) is 0 Å². The predicted molar refractivity (Wildman–Crippen MR) is 2.06 cm³/mol.